The maximum atomic E-state index is 12.4. The molecule has 2 aliphatic rings. The molecule has 0 bridgehead atoms. The second-order valence-corrected chi connectivity index (χ2v) is 8.17. The van der Waals surface area contributed by atoms with E-state index in [1.807, 2.05) is 0 Å². The van der Waals surface area contributed by atoms with Crippen molar-refractivity contribution in [1.29, 1.82) is 0 Å². The van der Waals surface area contributed by atoms with Crippen molar-refractivity contribution in [3.63, 3.8) is 0 Å². The Balaban J connectivity index is 2.20. The van der Waals surface area contributed by atoms with Crippen LogP contribution in [0, 0.1) is 23.7 Å². The van der Waals surface area contributed by atoms with Crippen molar-refractivity contribution >= 4 is 9.84 Å². The van der Waals surface area contributed by atoms with Crippen LogP contribution in [-0.4, -0.2) is 18.9 Å². The molecule has 88 valence electrons. The summed E-state index contributed by atoms with van der Waals surface area (Å²) >= 11 is 0. The maximum Gasteiger partial charge on any atom is 0.157 e. The van der Waals surface area contributed by atoms with Gasteiger partial charge in [-0.1, -0.05) is 27.7 Å². The average molecular weight is 230 g/mol. The molecule has 15 heavy (non-hydrogen) atoms. The first-order valence-corrected chi connectivity index (χ1v) is 7.69. The first-order chi connectivity index (χ1) is 6.85. The Morgan fingerprint density at radius 3 is 1.20 bits per heavy atom. The molecular weight excluding hydrogens is 208 g/mol. The SMILES string of the molecule is CC1CC(C)C1S(=O)(=O)C1C(C)CC1C. The van der Waals surface area contributed by atoms with Crippen LogP contribution in [0.1, 0.15) is 40.5 Å². The highest BCUT2D eigenvalue weighted by Crippen LogP contribution is 2.47. The summed E-state index contributed by atoms with van der Waals surface area (Å²) < 4.78 is 24.9. The van der Waals surface area contributed by atoms with Crippen molar-refractivity contribution in [2.45, 2.75) is 51.0 Å². The number of sulfone groups is 1. The van der Waals surface area contributed by atoms with Crippen LogP contribution in [0.15, 0.2) is 0 Å². The molecule has 0 radical (unpaired) electrons. The first-order valence-electron chi connectivity index (χ1n) is 6.08. The zero-order valence-electron chi connectivity index (χ0n) is 10.1. The lowest BCUT2D eigenvalue weighted by Crippen LogP contribution is -2.55. The van der Waals surface area contributed by atoms with Crippen molar-refractivity contribution in [1.82, 2.24) is 0 Å². The van der Waals surface area contributed by atoms with Gasteiger partial charge in [-0.05, 0) is 36.5 Å². The molecule has 2 nitrogen and oxygen atoms in total. The van der Waals surface area contributed by atoms with Gasteiger partial charge < -0.3 is 0 Å². The van der Waals surface area contributed by atoms with Gasteiger partial charge in [0, 0.05) is 0 Å². The highest BCUT2D eigenvalue weighted by Gasteiger charge is 2.53. The minimum atomic E-state index is -2.86. The van der Waals surface area contributed by atoms with E-state index in [1.165, 1.54) is 0 Å². The van der Waals surface area contributed by atoms with Gasteiger partial charge in [0.25, 0.3) is 0 Å². The molecule has 2 rings (SSSR count). The normalized spacial score (nSPS) is 50.7. The molecule has 2 aliphatic carbocycles. The Hall–Kier alpha value is -0.0500. The van der Waals surface area contributed by atoms with Crippen molar-refractivity contribution in [2.24, 2.45) is 23.7 Å². The highest BCUT2D eigenvalue weighted by molar-refractivity contribution is 7.92. The Morgan fingerprint density at radius 1 is 0.733 bits per heavy atom. The van der Waals surface area contributed by atoms with Crippen molar-refractivity contribution in [2.75, 3.05) is 0 Å². The third-order valence-corrected chi connectivity index (χ3v) is 7.87. The van der Waals surface area contributed by atoms with Gasteiger partial charge in [0.1, 0.15) is 0 Å². The Kier molecular flexibility index (Phi) is 2.65. The van der Waals surface area contributed by atoms with Crippen molar-refractivity contribution in [3.05, 3.63) is 0 Å². The standard InChI is InChI=1S/C12H22O2S/c1-7-5-8(2)11(7)15(13,14)12-9(3)6-10(12)4/h7-12H,5-6H2,1-4H3. The van der Waals surface area contributed by atoms with E-state index in [0.717, 1.165) is 12.8 Å². The van der Waals surface area contributed by atoms with Crippen LogP contribution >= 0.6 is 0 Å². The van der Waals surface area contributed by atoms with Crippen LogP contribution in [0.4, 0.5) is 0 Å². The minimum absolute atomic E-state index is 0.0484. The Morgan fingerprint density at radius 2 is 1.00 bits per heavy atom. The lowest BCUT2D eigenvalue weighted by Gasteiger charge is -2.48. The maximum absolute atomic E-state index is 12.4. The molecule has 0 aromatic rings. The highest BCUT2D eigenvalue weighted by atomic mass is 32.2. The van der Waals surface area contributed by atoms with Crippen LogP contribution in [0.2, 0.25) is 0 Å². The fourth-order valence-corrected chi connectivity index (χ4v) is 7.31. The van der Waals surface area contributed by atoms with Gasteiger partial charge in [0.15, 0.2) is 9.84 Å². The summed E-state index contributed by atoms with van der Waals surface area (Å²) in [4.78, 5) is 0. The van der Waals surface area contributed by atoms with Crippen molar-refractivity contribution < 1.29 is 8.42 Å². The largest absolute Gasteiger partial charge is 0.228 e. The van der Waals surface area contributed by atoms with E-state index in [0.29, 0.717) is 23.7 Å². The quantitative estimate of drug-likeness (QED) is 0.730. The second kappa shape index (κ2) is 3.47. The monoisotopic (exact) mass is 230 g/mol. The van der Waals surface area contributed by atoms with E-state index in [2.05, 4.69) is 27.7 Å². The molecule has 0 aromatic carbocycles. The molecular formula is C12H22O2S. The molecule has 0 heterocycles. The molecule has 2 fully saturated rings. The molecule has 0 aromatic heterocycles. The summed E-state index contributed by atoms with van der Waals surface area (Å²) in [6.07, 6.45) is 2.17. The molecule has 4 atom stereocenters. The lowest BCUT2D eigenvalue weighted by molar-refractivity contribution is 0.204. The third kappa shape index (κ3) is 1.54. The van der Waals surface area contributed by atoms with E-state index in [9.17, 15) is 8.42 Å². The topological polar surface area (TPSA) is 34.1 Å². The first kappa shape index (κ1) is 11.4. The van der Waals surface area contributed by atoms with E-state index in [-0.39, 0.29) is 10.5 Å². The molecule has 0 aliphatic heterocycles. The number of rotatable bonds is 2. The average Bonchev–Trinajstić information content (AvgIpc) is 1.99. The molecule has 3 heteroatoms. The van der Waals surface area contributed by atoms with Gasteiger partial charge in [0.05, 0.1) is 10.5 Å². The summed E-state index contributed by atoms with van der Waals surface area (Å²) in [5.74, 6) is 1.52. The Labute approximate surface area is 93.4 Å². The summed E-state index contributed by atoms with van der Waals surface area (Å²) in [5, 5.41) is -0.0969. The third-order valence-electron chi connectivity index (χ3n) is 4.49. The second-order valence-electron chi connectivity index (χ2n) is 5.90. The van der Waals surface area contributed by atoms with Gasteiger partial charge in [0.2, 0.25) is 0 Å². The zero-order valence-corrected chi connectivity index (χ0v) is 10.9. The molecule has 0 saturated heterocycles. The Bertz CT molecular complexity index is 303. The van der Waals surface area contributed by atoms with Gasteiger partial charge in [-0.15, -0.1) is 0 Å². The van der Waals surface area contributed by atoms with E-state index in [1.54, 1.807) is 0 Å². The summed E-state index contributed by atoms with van der Waals surface area (Å²) in [6.45, 7) is 8.32. The van der Waals surface area contributed by atoms with Crippen LogP contribution in [-0.2, 0) is 9.84 Å². The van der Waals surface area contributed by atoms with Gasteiger partial charge >= 0.3 is 0 Å². The molecule has 0 spiro atoms. The van der Waals surface area contributed by atoms with E-state index in [4.69, 9.17) is 0 Å². The fraction of sp³-hybridized carbons (Fsp3) is 1.00. The van der Waals surface area contributed by atoms with Crippen LogP contribution in [0.25, 0.3) is 0 Å². The smallest absolute Gasteiger partial charge is 0.157 e. The molecule has 4 unspecified atom stereocenters. The van der Waals surface area contributed by atoms with Gasteiger partial charge in [-0.2, -0.15) is 0 Å². The fourth-order valence-electron chi connectivity index (χ4n) is 3.92. The van der Waals surface area contributed by atoms with Crippen molar-refractivity contribution in [3.8, 4) is 0 Å². The predicted octanol–water partition coefficient (Wildman–Crippen LogP) is 2.49. The minimum Gasteiger partial charge on any atom is -0.228 e. The van der Waals surface area contributed by atoms with Crippen LogP contribution < -0.4 is 0 Å². The molecule has 0 amide bonds. The number of hydrogen-bond donors (Lipinski definition) is 0. The van der Waals surface area contributed by atoms with Crippen LogP contribution in [0.3, 0.4) is 0 Å². The lowest BCUT2D eigenvalue weighted by atomic mass is 9.76. The van der Waals surface area contributed by atoms with Gasteiger partial charge in [-0.25, -0.2) is 8.42 Å². The summed E-state index contributed by atoms with van der Waals surface area (Å²) in [6, 6.07) is 0. The summed E-state index contributed by atoms with van der Waals surface area (Å²) in [5.41, 5.74) is 0. The van der Waals surface area contributed by atoms with E-state index >= 15 is 0 Å². The molecule has 2 saturated carbocycles. The number of hydrogen-bond acceptors (Lipinski definition) is 2. The zero-order chi connectivity index (χ0) is 11.4. The van der Waals surface area contributed by atoms with E-state index < -0.39 is 9.84 Å². The predicted molar refractivity (Wildman–Crippen MR) is 62.4 cm³/mol. The van der Waals surface area contributed by atoms with Gasteiger partial charge in [-0.3, -0.25) is 0 Å². The van der Waals surface area contributed by atoms with Crippen LogP contribution in [0.5, 0.6) is 0 Å². The summed E-state index contributed by atoms with van der Waals surface area (Å²) in [7, 11) is -2.86. The molecule has 0 N–H and O–H groups in total.